The Bertz CT molecular complexity index is 858. The highest BCUT2D eigenvalue weighted by molar-refractivity contribution is 5.94. The smallest absolute Gasteiger partial charge is 0.224 e. The average molecular weight is 416 g/mol. The second kappa shape index (κ2) is 12.3. The molecule has 2 aromatic carbocycles. The zero-order chi connectivity index (χ0) is 21.8. The van der Waals surface area contributed by atoms with Gasteiger partial charge in [0.25, 0.3) is 0 Å². The van der Waals surface area contributed by atoms with Gasteiger partial charge in [0.15, 0.2) is 17.5 Å². The van der Waals surface area contributed by atoms with Crippen LogP contribution in [0, 0.1) is 5.82 Å². The third kappa shape index (κ3) is 7.62. The van der Waals surface area contributed by atoms with Crippen molar-refractivity contribution >= 4 is 17.6 Å². The average Bonchev–Trinajstić information content (AvgIpc) is 2.72. The van der Waals surface area contributed by atoms with Crippen LogP contribution in [0.2, 0.25) is 0 Å². The van der Waals surface area contributed by atoms with Gasteiger partial charge in [-0.25, -0.2) is 4.39 Å². The van der Waals surface area contributed by atoms with Crippen LogP contribution in [0.5, 0.6) is 11.5 Å². The quantitative estimate of drug-likeness (QED) is 0.315. The first kappa shape index (κ1) is 23.0. The lowest BCUT2D eigenvalue weighted by Crippen LogP contribution is -2.32. The van der Waals surface area contributed by atoms with Gasteiger partial charge in [-0.1, -0.05) is 12.1 Å². The van der Waals surface area contributed by atoms with E-state index in [9.17, 15) is 9.18 Å². The maximum Gasteiger partial charge on any atom is 0.224 e. The molecule has 0 saturated heterocycles. The number of halogens is 1. The van der Waals surface area contributed by atoms with Gasteiger partial charge in [-0.3, -0.25) is 9.79 Å². The van der Waals surface area contributed by atoms with Crippen molar-refractivity contribution in [2.45, 2.75) is 20.3 Å². The first-order valence-corrected chi connectivity index (χ1v) is 9.93. The molecule has 0 aliphatic heterocycles. The van der Waals surface area contributed by atoms with Crippen LogP contribution in [0.25, 0.3) is 0 Å². The molecule has 0 unspecified atom stereocenters. The van der Waals surface area contributed by atoms with Gasteiger partial charge in [-0.05, 0) is 43.7 Å². The maximum atomic E-state index is 13.2. The zero-order valence-corrected chi connectivity index (χ0v) is 17.6. The Morgan fingerprint density at radius 2 is 1.93 bits per heavy atom. The molecule has 2 aromatic rings. The Labute approximate surface area is 176 Å². The third-order valence-corrected chi connectivity index (χ3v) is 4.03. The summed E-state index contributed by atoms with van der Waals surface area (Å²) in [4.78, 5) is 16.5. The van der Waals surface area contributed by atoms with Crippen LogP contribution >= 0.6 is 0 Å². The molecule has 0 saturated carbocycles. The van der Waals surface area contributed by atoms with Gasteiger partial charge >= 0.3 is 0 Å². The van der Waals surface area contributed by atoms with E-state index in [1.54, 1.807) is 19.2 Å². The number of amides is 1. The topological polar surface area (TPSA) is 84.0 Å². The highest BCUT2D eigenvalue weighted by atomic mass is 19.1. The number of methoxy groups -OCH3 is 1. The molecular formula is C22H29FN4O3. The van der Waals surface area contributed by atoms with Crippen molar-refractivity contribution in [1.82, 2.24) is 10.6 Å². The molecule has 0 atom stereocenters. The third-order valence-electron chi connectivity index (χ3n) is 4.03. The number of nitrogens with one attached hydrogen (secondary N) is 3. The molecule has 8 heteroatoms. The number of benzene rings is 2. The number of rotatable bonds is 10. The van der Waals surface area contributed by atoms with Crippen molar-refractivity contribution in [3.63, 3.8) is 0 Å². The van der Waals surface area contributed by atoms with Crippen molar-refractivity contribution in [2.24, 2.45) is 4.99 Å². The summed E-state index contributed by atoms with van der Waals surface area (Å²) in [5.74, 6) is 1.36. The van der Waals surface area contributed by atoms with Gasteiger partial charge in [0, 0.05) is 24.8 Å². The lowest BCUT2D eigenvalue weighted by atomic mass is 10.1. The minimum Gasteiger partial charge on any atom is -0.493 e. The van der Waals surface area contributed by atoms with Gasteiger partial charge < -0.3 is 25.4 Å². The predicted octanol–water partition coefficient (Wildman–Crippen LogP) is 2.97. The minimum absolute atomic E-state index is 0.131. The van der Waals surface area contributed by atoms with Crippen molar-refractivity contribution in [1.29, 1.82) is 0 Å². The van der Waals surface area contributed by atoms with E-state index in [0.29, 0.717) is 49.3 Å². The number of ether oxygens (including phenoxy) is 2. The van der Waals surface area contributed by atoms with Crippen LogP contribution in [0.1, 0.15) is 19.4 Å². The van der Waals surface area contributed by atoms with Gasteiger partial charge in [-0.2, -0.15) is 0 Å². The number of hydrogen-bond donors (Lipinski definition) is 3. The molecule has 0 bridgehead atoms. The monoisotopic (exact) mass is 416 g/mol. The number of guanidine groups is 1. The van der Waals surface area contributed by atoms with Gasteiger partial charge in [-0.15, -0.1) is 0 Å². The van der Waals surface area contributed by atoms with E-state index in [-0.39, 0.29) is 18.1 Å². The summed E-state index contributed by atoms with van der Waals surface area (Å²) in [7, 11) is 1.59. The van der Waals surface area contributed by atoms with E-state index in [1.165, 1.54) is 12.1 Å². The number of aliphatic imine (C=N–C) groups is 1. The van der Waals surface area contributed by atoms with Gasteiger partial charge in [0.2, 0.25) is 5.91 Å². The second-order valence-corrected chi connectivity index (χ2v) is 6.34. The standard InChI is InChI=1S/C22H29FN4O3/c1-4-24-22(27-18-9-10-19(30-5-2)20(15-18)29-3)26-12-11-25-21(28)14-16-7-6-8-17(23)13-16/h6-10,13,15H,4-5,11-12,14H2,1-3H3,(H,25,28)(H2,24,26,27). The van der Waals surface area contributed by atoms with Gasteiger partial charge in [0.05, 0.1) is 26.7 Å². The van der Waals surface area contributed by atoms with Crippen molar-refractivity contribution in [3.05, 3.63) is 53.8 Å². The molecule has 1 amide bonds. The number of hydrogen-bond acceptors (Lipinski definition) is 4. The molecule has 0 radical (unpaired) electrons. The molecule has 162 valence electrons. The fraction of sp³-hybridized carbons (Fsp3) is 0.364. The van der Waals surface area contributed by atoms with Crippen LogP contribution in [0.4, 0.5) is 10.1 Å². The zero-order valence-electron chi connectivity index (χ0n) is 17.6. The summed E-state index contributed by atoms with van der Waals surface area (Å²) in [5, 5.41) is 9.15. The molecule has 3 N–H and O–H groups in total. The van der Waals surface area contributed by atoms with Crippen LogP contribution in [-0.2, 0) is 11.2 Å². The van der Waals surface area contributed by atoms with E-state index in [4.69, 9.17) is 9.47 Å². The number of anilines is 1. The lowest BCUT2D eigenvalue weighted by Gasteiger charge is -2.14. The van der Waals surface area contributed by atoms with Crippen LogP contribution < -0.4 is 25.4 Å². The second-order valence-electron chi connectivity index (χ2n) is 6.34. The minimum atomic E-state index is -0.350. The summed E-state index contributed by atoms with van der Waals surface area (Å²) in [5.41, 5.74) is 1.43. The van der Waals surface area contributed by atoms with Crippen molar-refractivity contribution < 1.29 is 18.7 Å². The first-order chi connectivity index (χ1) is 14.5. The van der Waals surface area contributed by atoms with Crippen molar-refractivity contribution in [3.8, 4) is 11.5 Å². The summed E-state index contributed by atoms with van der Waals surface area (Å²) in [6, 6.07) is 11.6. The number of carbonyl (C=O) groups excluding carboxylic acids is 1. The molecule has 0 aliphatic carbocycles. The van der Waals surface area contributed by atoms with Crippen LogP contribution in [-0.4, -0.2) is 45.2 Å². The SMILES string of the molecule is CCNC(=NCCNC(=O)Cc1cccc(F)c1)Nc1ccc(OCC)c(OC)c1. The fourth-order valence-corrected chi connectivity index (χ4v) is 2.72. The highest BCUT2D eigenvalue weighted by Crippen LogP contribution is 2.30. The number of nitrogens with zero attached hydrogens (tertiary/aromatic N) is 1. The molecule has 30 heavy (non-hydrogen) atoms. The summed E-state index contributed by atoms with van der Waals surface area (Å²) in [6.45, 7) is 5.88. The summed E-state index contributed by atoms with van der Waals surface area (Å²) < 4.78 is 24.1. The normalized spacial score (nSPS) is 11.0. The molecule has 0 aliphatic rings. The van der Waals surface area contributed by atoms with E-state index in [1.807, 2.05) is 32.0 Å². The molecule has 2 rings (SSSR count). The Kier molecular flexibility index (Phi) is 9.44. The Morgan fingerprint density at radius 3 is 2.63 bits per heavy atom. The largest absolute Gasteiger partial charge is 0.493 e. The Balaban J connectivity index is 1.88. The fourth-order valence-electron chi connectivity index (χ4n) is 2.72. The summed E-state index contributed by atoms with van der Waals surface area (Å²) in [6.07, 6.45) is 0.131. The van der Waals surface area contributed by atoms with E-state index in [0.717, 1.165) is 5.69 Å². The maximum absolute atomic E-state index is 13.2. The molecule has 0 spiro atoms. The molecule has 0 aromatic heterocycles. The number of carbonyl (C=O) groups is 1. The highest BCUT2D eigenvalue weighted by Gasteiger charge is 2.07. The molecule has 7 nitrogen and oxygen atoms in total. The molecule has 0 heterocycles. The van der Waals surface area contributed by atoms with Gasteiger partial charge in [0.1, 0.15) is 5.82 Å². The van der Waals surface area contributed by atoms with E-state index >= 15 is 0 Å². The lowest BCUT2D eigenvalue weighted by molar-refractivity contribution is -0.120. The van der Waals surface area contributed by atoms with E-state index < -0.39 is 0 Å². The van der Waals surface area contributed by atoms with Crippen LogP contribution in [0.15, 0.2) is 47.5 Å². The molecular weight excluding hydrogens is 387 g/mol. The molecule has 0 fully saturated rings. The Hall–Kier alpha value is -3.29. The summed E-state index contributed by atoms with van der Waals surface area (Å²) >= 11 is 0. The van der Waals surface area contributed by atoms with E-state index in [2.05, 4.69) is 20.9 Å². The van der Waals surface area contributed by atoms with Crippen molar-refractivity contribution in [2.75, 3.05) is 38.7 Å². The predicted molar refractivity (Wildman–Crippen MR) is 117 cm³/mol. The Morgan fingerprint density at radius 1 is 1.10 bits per heavy atom. The van der Waals surface area contributed by atoms with Crippen LogP contribution in [0.3, 0.4) is 0 Å². The first-order valence-electron chi connectivity index (χ1n) is 9.93.